The lowest BCUT2D eigenvalue weighted by molar-refractivity contribution is -0.136. The first kappa shape index (κ1) is 17.9. The number of carbonyl (C=O) groups is 1. The van der Waals surface area contributed by atoms with Crippen LogP contribution in [0, 0.1) is 0 Å². The Morgan fingerprint density at radius 3 is 2.04 bits per heavy atom. The molecular formula is C21H17ClN2O2. The largest absolute Gasteiger partial charge is 0.372 e. The number of hydrogen-bond acceptors (Lipinski definition) is 3. The second-order valence-electron chi connectivity index (χ2n) is 5.70. The van der Waals surface area contributed by atoms with Crippen molar-refractivity contribution in [1.29, 1.82) is 0 Å². The highest BCUT2D eigenvalue weighted by Gasteiger charge is 2.39. The molecule has 0 aliphatic carbocycles. The summed E-state index contributed by atoms with van der Waals surface area (Å²) in [5.41, 5.74) is 2.23. The molecule has 4 nitrogen and oxygen atoms in total. The summed E-state index contributed by atoms with van der Waals surface area (Å²) >= 11 is 5.93. The van der Waals surface area contributed by atoms with Crippen LogP contribution in [0.1, 0.15) is 16.7 Å². The lowest BCUT2D eigenvalue weighted by Crippen LogP contribution is -2.43. The highest BCUT2D eigenvalue weighted by atomic mass is 35.5. The quantitative estimate of drug-likeness (QED) is 0.535. The van der Waals surface area contributed by atoms with Crippen LogP contribution in [-0.2, 0) is 10.4 Å². The highest BCUT2D eigenvalue weighted by molar-refractivity contribution is 6.30. The van der Waals surface area contributed by atoms with Gasteiger partial charge in [-0.3, -0.25) is 4.79 Å². The molecule has 130 valence electrons. The van der Waals surface area contributed by atoms with Crippen molar-refractivity contribution in [2.24, 2.45) is 5.10 Å². The van der Waals surface area contributed by atoms with Crippen LogP contribution >= 0.6 is 11.6 Å². The maximum absolute atomic E-state index is 12.8. The van der Waals surface area contributed by atoms with Gasteiger partial charge in [-0.15, -0.1) is 0 Å². The third-order valence-electron chi connectivity index (χ3n) is 3.94. The van der Waals surface area contributed by atoms with Crippen molar-refractivity contribution < 1.29 is 9.90 Å². The highest BCUT2D eigenvalue weighted by Crippen LogP contribution is 2.29. The molecule has 0 heterocycles. The van der Waals surface area contributed by atoms with Gasteiger partial charge in [0.1, 0.15) is 0 Å². The fourth-order valence-corrected chi connectivity index (χ4v) is 2.82. The molecule has 3 rings (SSSR count). The van der Waals surface area contributed by atoms with Gasteiger partial charge in [-0.05, 0) is 28.8 Å². The maximum atomic E-state index is 12.8. The molecule has 3 aromatic carbocycles. The molecule has 0 atom stereocenters. The first-order chi connectivity index (χ1) is 12.6. The number of amides is 1. The lowest BCUT2D eigenvalue weighted by atomic mass is 9.85. The van der Waals surface area contributed by atoms with E-state index in [1.165, 1.54) is 6.21 Å². The summed E-state index contributed by atoms with van der Waals surface area (Å²) < 4.78 is 0. The van der Waals surface area contributed by atoms with Crippen LogP contribution in [0.2, 0.25) is 5.02 Å². The molecule has 0 aliphatic rings. The Morgan fingerprint density at radius 2 is 1.50 bits per heavy atom. The van der Waals surface area contributed by atoms with E-state index in [1.807, 2.05) is 18.2 Å². The van der Waals surface area contributed by atoms with Crippen LogP contribution in [0.3, 0.4) is 0 Å². The van der Waals surface area contributed by atoms with E-state index in [9.17, 15) is 9.90 Å². The van der Waals surface area contributed by atoms with E-state index >= 15 is 0 Å². The van der Waals surface area contributed by atoms with Crippen molar-refractivity contribution in [2.75, 3.05) is 0 Å². The zero-order valence-electron chi connectivity index (χ0n) is 13.8. The molecule has 0 radical (unpaired) electrons. The van der Waals surface area contributed by atoms with Crippen molar-refractivity contribution in [2.45, 2.75) is 5.60 Å². The van der Waals surface area contributed by atoms with Gasteiger partial charge in [0.2, 0.25) is 0 Å². The molecule has 0 fully saturated rings. The van der Waals surface area contributed by atoms with Crippen molar-refractivity contribution in [3.8, 4) is 0 Å². The van der Waals surface area contributed by atoms with Gasteiger partial charge < -0.3 is 5.11 Å². The minimum atomic E-state index is -1.85. The van der Waals surface area contributed by atoms with Crippen molar-refractivity contribution in [3.63, 3.8) is 0 Å². The standard InChI is InChI=1S/C21H17ClN2O2/c22-19-13-7-8-16(14-19)15-23-24-20(25)21(26,17-9-3-1-4-10-17)18-11-5-2-6-12-18/h1-15,26H,(H,24,25). The number of aliphatic hydroxyl groups is 1. The lowest BCUT2D eigenvalue weighted by Gasteiger charge is -2.27. The predicted octanol–water partition coefficient (Wildman–Crippen LogP) is 3.73. The number of rotatable bonds is 5. The third-order valence-corrected chi connectivity index (χ3v) is 4.18. The molecule has 5 heteroatoms. The summed E-state index contributed by atoms with van der Waals surface area (Å²) in [6.45, 7) is 0. The minimum Gasteiger partial charge on any atom is -0.372 e. The summed E-state index contributed by atoms with van der Waals surface area (Å²) in [5, 5.41) is 15.8. The molecule has 26 heavy (non-hydrogen) atoms. The number of nitrogens with zero attached hydrogens (tertiary/aromatic N) is 1. The van der Waals surface area contributed by atoms with E-state index in [1.54, 1.807) is 66.7 Å². The Hall–Kier alpha value is -2.95. The summed E-state index contributed by atoms with van der Waals surface area (Å²) in [7, 11) is 0. The van der Waals surface area contributed by atoms with E-state index < -0.39 is 11.5 Å². The van der Waals surface area contributed by atoms with Gasteiger partial charge in [-0.2, -0.15) is 5.10 Å². The summed E-state index contributed by atoms with van der Waals surface area (Å²) in [5.74, 6) is -0.645. The molecule has 0 aromatic heterocycles. The van der Waals surface area contributed by atoms with Crippen LogP contribution in [0.4, 0.5) is 0 Å². The average Bonchev–Trinajstić information content (AvgIpc) is 2.68. The van der Waals surface area contributed by atoms with Crippen LogP contribution in [-0.4, -0.2) is 17.2 Å². The van der Waals surface area contributed by atoms with Gasteiger partial charge in [0.25, 0.3) is 5.91 Å². The van der Waals surface area contributed by atoms with Gasteiger partial charge in [0, 0.05) is 5.02 Å². The second kappa shape index (κ2) is 7.95. The predicted molar refractivity (Wildman–Crippen MR) is 103 cm³/mol. The molecular weight excluding hydrogens is 348 g/mol. The van der Waals surface area contributed by atoms with Gasteiger partial charge in [-0.25, -0.2) is 5.43 Å². The molecule has 3 aromatic rings. The fraction of sp³-hybridized carbons (Fsp3) is 0.0476. The van der Waals surface area contributed by atoms with Gasteiger partial charge >= 0.3 is 0 Å². The van der Waals surface area contributed by atoms with Crippen molar-refractivity contribution in [3.05, 3.63) is 107 Å². The average molecular weight is 365 g/mol. The summed E-state index contributed by atoms with van der Waals surface area (Å²) in [6, 6.07) is 24.6. The molecule has 0 saturated carbocycles. The molecule has 0 unspecified atom stereocenters. The smallest absolute Gasteiger partial charge is 0.281 e. The zero-order chi connectivity index (χ0) is 18.4. The number of carbonyl (C=O) groups excluding carboxylic acids is 1. The van der Waals surface area contributed by atoms with Crippen LogP contribution < -0.4 is 5.43 Å². The molecule has 0 saturated heterocycles. The number of halogens is 1. The van der Waals surface area contributed by atoms with Crippen LogP contribution in [0.5, 0.6) is 0 Å². The maximum Gasteiger partial charge on any atom is 0.281 e. The van der Waals surface area contributed by atoms with Gasteiger partial charge in [0.15, 0.2) is 5.60 Å². The Balaban J connectivity index is 1.89. The molecule has 0 aliphatic heterocycles. The zero-order valence-corrected chi connectivity index (χ0v) is 14.6. The third kappa shape index (κ3) is 3.82. The summed E-state index contributed by atoms with van der Waals surface area (Å²) in [6.07, 6.45) is 1.47. The Bertz CT molecular complexity index is 872. The first-order valence-corrected chi connectivity index (χ1v) is 8.41. The fourth-order valence-electron chi connectivity index (χ4n) is 2.62. The Labute approximate surface area is 156 Å². The number of hydrogen-bond donors (Lipinski definition) is 2. The van der Waals surface area contributed by atoms with Gasteiger partial charge in [0.05, 0.1) is 6.21 Å². The van der Waals surface area contributed by atoms with Gasteiger partial charge in [-0.1, -0.05) is 84.4 Å². The van der Waals surface area contributed by atoms with E-state index in [-0.39, 0.29) is 0 Å². The minimum absolute atomic E-state index is 0.460. The number of benzene rings is 3. The van der Waals surface area contributed by atoms with E-state index in [0.29, 0.717) is 16.1 Å². The van der Waals surface area contributed by atoms with E-state index in [2.05, 4.69) is 10.5 Å². The van der Waals surface area contributed by atoms with E-state index in [4.69, 9.17) is 11.6 Å². The molecule has 1 amide bonds. The molecule has 0 bridgehead atoms. The van der Waals surface area contributed by atoms with Crippen LogP contribution in [0.25, 0.3) is 0 Å². The number of nitrogens with one attached hydrogen (secondary N) is 1. The van der Waals surface area contributed by atoms with Crippen molar-refractivity contribution in [1.82, 2.24) is 5.43 Å². The van der Waals surface area contributed by atoms with Crippen molar-refractivity contribution >= 4 is 23.7 Å². The monoisotopic (exact) mass is 364 g/mol. The Morgan fingerprint density at radius 1 is 0.923 bits per heavy atom. The molecule has 0 spiro atoms. The van der Waals surface area contributed by atoms with Crippen LogP contribution in [0.15, 0.2) is 90.0 Å². The SMILES string of the molecule is O=C(NN=Cc1cccc(Cl)c1)C(O)(c1ccccc1)c1ccccc1. The number of hydrazone groups is 1. The topological polar surface area (TPSA) is 61.7 Å². The first-order valence-electron chi connectivity index (χ1n) is 8.03. The molecule has 2 N–H and O–H groups in total. The summed E-state index contributed by atoms with van der Waals surface area (Å²) in [4.78, 5) is 12.8. The normalized spacial score (nSPS) is 11.5. The Kier molecular flexibility index (Phi) is 5.46. The van der Waals surface area contributed by atoms with E-state index in [0.717, 1.165) is 5.56 Å². The second-order valence-corrected chi connectivity index (χ2v) is 6.13.